The van der Waals surface area contributed by atoms with E-state index in [4.69, 9.17) is 16.3 Å². The molecule has 1 atom stereocenters. The number of Topliss-reactive ketones (excluding diaryl/α,β-unsaturated/α-hetero) is 1. The Bertz CT molecular complexity index is 1180. The molecule has 0 saturated carbocycles. The number of para-hydroxylation sites is 2. The molecule has 4 aromatic rings. The highest BCUT2D eigenvalue weighted by molar-refractivity contribution is 6.30. The highest BCUT2D eigenvalue weighted by Gasteiger charge is 2.24. The molecule has 2 aromatic carbocycles. The molecule has 0 unspecified atom stereocenters. The van der Waals surface area contributed by atoms with E-state index in [1.54, 1.807) is 31.3 Å². The molecule has 0 aliphatic rings. The molecular weight excluding hydrogens is 364 g/mol. The number of ether oxygens (including phenoxy) is 1. The number of pyridine rings is 1. The van der Waals surface area contributed by atoms with Gasteiger partial charge in [-0.25, -0.2) is 9.78 Å². The standard InChI is InChI=1S/C21H15ClN2O3/c1-12(20(25)16-11-23-17-8-4-2-7-14(16)17)27-21(26)15-10-19(22)24-18-9-5-3-6-13(15)18/h2-12,23H,1H3/t12-/m1/s1. The largest absolute Gasteiger partial charge is 0.451 e. The zero-order valence-electron chi connectivity index (χ0n) is 14.4. The summed E-state index contributed by atoms with van der Waals surface area (Å²) in [5.74, 6) is -0.888. The van der Waals surface area contributed by atoms with Gasteiger partial charge in [0, 0.05) is 28.0 Å². The van der Waals surface area contributed by atoms with Crippen LogP contribution in [0.2, 0.25) is 5.15 Å². The monoisotopic (exact) mass is 378 g/mol. The second-order valence-corrected chi connectivity index (χ2v) is 6.56. The Kier molecular flexibility index (Phi) is 4.38. The van der Waals surface area contributed by atoms with Gasteiger partial charge in [-0.05, 0) is 25.1 Å². The Morgan fingerprint density at radius 1 is 1.04 bits per heavy atom. The maximum absolute atomic E-state index is 12.8. The molecule has 0 spiro atoms. The Hall–Kier alpha value is -3.18. The van der Waals surface area contributed by atoms with Crippen LogP contribution in [-0.4, -0.2) is 27.8 Å². The molecule has 0 radical (unpaired) electrons. The lowest BCUT2D eigenvalue weighted by Gasteiger charge is -2.13. The van der Waals surface area contributed by atoms with Crippen LogP contribution >= 0.6 is 11.6 Å². The molecule has 2 heterocycles. The molecule has 5 nitrogen and oxygen atoms in total. The lowest BCUT2D eigenvalue weighted by Crippen LogP contribution is -2.24. The molecule has 0 amide bonds. The number of nitrogens with zero attached hydrogens (tertiary/aromatic N) is 1. The van der Waals surface area contributed by atoms with Crippen LogP contribution < -0.4 is 0 Å². The number of nitrogens with one attached hydrogen (secondary N) is 1. The Labute approximate surface area is 159 Å². The fraction of sp³-hybridized carbons (Fsp3) is 0.0952. The van der Waals surface area contributed by atoms with Crippen LogP contribution in [0.1, 0.15) is 27.6 Å². The third-order valence-electron chi connectivity index (χ3n) is 4.41. The van der Waals surface area contributed by atoms with Gasteiger partial charge in [-0.3, -0.25) is 4.79 Å². The molecule has 0 aliphatic carbocycles. The number of H-pyrrole nitrogens is 1. The second-order valence-electron chi connectivity index (χ2n) is 6.17. The first-order chi connectivity index (χ1) is 13.0. The van der Waals surface area contributed by atoms with Gasteiger partial charge in [0.2, 0.25) is 5.78 Å². The maximum atomic E-state index is 12.8. The third kappa shape index (κ3) is 3.17. The number of esters is 1. The van der Waals surface area contributed by atoms with Crippen LogP contribution in [0.5, 0.6) is 0 Å². The molecule has 27 heavy (non-hydrogen) atoms. The van der Waals surface area contributed by atoms with Crippen LogP contribution in [-0.2, 0) is 4.74 Å². The molecule has 0 bridgehead atoms. The van der Waals surface area contributed by atoms with Crippen molar-refractivity contribution in [3.63, 3.8) is 0 Å². The predicted octanol–water partition coefficient (Wildman–Crippen LogP) is 4.80. The predicted molar refractivity (Wildman–Crippen MR) is 104 cm³/mol. The second kappa shape index (κ2) is 6.85. The highest BCUT2D eigenvalue weighted by Crippen LogP contribution is 2.23. The normalized spacial score (nSPS) is 12.2. The van der Waals surface area contributed by atoms with Crippen molar-refractivity contribution in [2.75, 3.05) is 0 Å². The lowest BCUT2D eigenvalue weighted by molar-refractivity contribution is 0.0321. The van der Waals surface area contributed by atoms with E-state index in [2.05, 4.69) is 9.97 Å². The number of ketones is 1. The summed E-state index contributed by atoms with van der Waals surface area (Å²) in [5, 5.41) is 1.61. The summed E-state index contributed by atoms with van der Waals surface area (Å²) < 4.78 is 5.45. The van der Waals surface area contributed by atoms with E-state index < -0.39 is 12.1 Å². The van der Waals surface area contributed by atoms with E-state index >= 15 is 0 Å². The number of aromatic amines is 1. The van der Waals surface area contributed by atoms with Crippen LogP contribution in [0.4, 0.5) is 0 Å². The number of fused-ring (bicyclic) bond motifs is 2. The minimum Gasteiger partial charge on any atom is -0.451 e. The van der Waals surface area contributed by atoms with Gasteiger partial charge < -0.3 is 9.72 Å². The van der Waals surface area contributed by atoms with E-state index in [1.807, 2.05) is 30.3 Å². The van der Waals surface area contributed by atoms with Gasteiger partial charge >= 0.3 is 5.97 Å². The summed E-state index contributed by atoms with van der Waals surface area (Å²) in [6, 6.07) is 16.1. The summed E-state index contributed by atoms with van der Waals surface area (Å²) in [4.78, 5) is 32.7. The number of aromatic nitrogens is 2. The van der Waals surface area contributed by atoms with Crippen LogP contribution in [0.3, 0.4) is 0 Å². The number of benzene rings is 2. The molecule has 0 saturated heterocycles. The minimum atomic E-state index is -0.942. The molecule has 134 valence electrons. The van der Waals surface area contributed by atoms with E-state index in [0.29, 0.717) is 16.5 Å². The summed E-state index contributed by atoms with van der Waals surface area (Å²) >= 11 is 6.02. The number of halogens is 1. The molecule has 4 rings (SSSR count). The van der Waals surface area contributed by atoms with Gasteiger partial charge in [0.15, 0.2) is 6.10 Å². The van der Waals surface area contributed by atoms with Crippen LogP contribution in [0, 0.1) is 0 Å². The van der Waals surface area contributed by atoms with E-state index in [-0.39, 0.29) is 16.5 Å². The van der Waals surface area contributed by atoms with Crippen molar-refractivity contribution in [1.29, 1.82) is 0 Å². The van der Waals surface area contributed by atoms with E-state index in [9.17, 15) is 9.59 Å². The first-order valence-corrected chi connectivity index (χ1v) is 8.79. The number of rotatable bonds is 4. The summed E-state index contributed by atoms with van der Waals surface area (Å²) in [6.07, 6.45) is 0.693. The van der Waals surface area contributed by atoms with Gasteiger partial charge in [-0.2, -0.15) is 0 Å². The van der Waals surface area contributed by atoms with Crippen molar-refractivity contribution in [3.8, 4) is 0 Å². The number of carbonyl (C=O) groups is 2. The maximum Gasteiger partial charge on any atom is 0.339 e. The van der Waals surface area contributed by atoms with Gasteiger partial charge in [-0.15, -0.1) is 0 Å². The van der Waals surface area contributed by atoms with Crippen molar-refractivity contribution >= 4 is 45.2 Å². The van der Waals surface area contributed by atoms with E-state index in [0.717, 1.165) is 10.9 Å². The van der Waals surface area contributed by atoms with E-state index in [1.165, 1.54) is 6.07 Å². The fourth-order valence-electron chi connectivity index (χ4n) is 3.08. The Morgan fingerprint density at radius 3 is 2.56 bits per heavy atom. The van der Waals surface area contributed by atoms with Gasteiger partial charge in [0.1, 0.15) is 5.15 Å². The van der Waals surface area contributed by atoms with Crippen molar-refractivity contribution < 1.29 is 14.3 Å². The van der Waals surface area contributed by atoms with Gasteiger partial charge in [0.25, 0.3) is 0 Å². The lowest BCUT2D eigenvalue weighted by atomic mass is 10.1. The fourth-order valence-corrected chi connectivity index (χ4v) is 3.28. The van der Waals surface area contributed by atoms with Gasteiger partial charge in [0.05, 0.1) is 11.1 Å². The van der Waals surface area contributed by atoms with Crippen molar-refractivity contribution in [3.05, 3.63) is 77.1 Å². The van der Waals surface area contributed by atoms with Crippen molar-refractivity contribution in [2.45, 2.75) is 13.0 Å². The highest BCUT2D eigenvalue weighted by atomic mass is 35.5. The van der Waals surface area contributed by atoms with Crippen LogP contribution in [0.15, 0.2) is 60.8 Å². The number of carbonyl (C=O) groups excluding carboxylic acids is 2. The molecule has 1 N–H and O–H groups in total. The molecule has 2 aromatic heterocycles. The molecular formula is C21H15ClN2O3. The third-order valence-corrected chi connectivity index (χ3v) is 4.61. The number of hydrogen-bond acceptors (Lipinski definition) is 4. The summed E-state index contributed by atoms with van der Waals surface area (Å²) in [7, 11) is 0. The van der Waals surface area contributed by atoms with Gasteiger partial charge in [-0.1, -0.05) is 48.0 Å². The molecule has 0 aliphatic heterocycles. The van der Waals surface area contributed by atoms with Crippen LogP contribution in [0.25, 0.3) is 21.8 Å². The molecule has 6 heteroatoms. The quantitative estimate of drug-likeness (QED) is 0.314. The average Bonchev–Trinajstić information content (AvgIpc) is 3.10. The first kappa shape index (κ1) is 17.2. The van der Waals surface area contributed by atoms with Crippen molar-refractivity contribution in [2.24, 2.45) is 0 Å². The minimum absolute atomic E-state index is 0.191. The first-order valence-electron chi connectivity index (χ1n) is 8.41. The summed E-state index contributed by atoms with van der Waals surface area (Å²) in [6.45, 7) is 1.56. The summed E-state index contributed by atoms with van der Waals surface area (Å²) in [5.41, 5.74) is 2.21. The topological polar surface area (TPSA) is 72.0 Å². The zero-order chi connectivity index (χ0) is 19.0. The smallest absolute Gasteiger partial charge is 0.339 e. The Morgan fingerprint density at radius 2 is 1.74 bits per heavy atom. The molecule has 0 fully saturated rings. The zero-order valence-corrected chi connectivity index (χ0v) is 15.2. The van der Waals surface area contributed by atoms with Crippen molar-refractivity contribution in [1.82, 2.24) is 9.97 Å². The number of hydrogen-bond donors (Lipinski definition) is 1. The average molecular weight is 379 g/mol. The Balaban J connectivity index is 1.62. The SMILES string of the molecule is C[C@@H](OC(=O)c1cc(Cl)nc2ccccc12)C(=O)c1c[nH]c2ccccc12.